The first-order valence-corrected chi connectivity index (χ1v) is 3.79. The summed E-state index contributed by atoms with van der Waals surface area (Å²) in [5, 5.41) is 3.28. The molecule has 57 valence electrons. The molecule has 1 aliphatic rings. The van der Waals surface area contributed by atoms with Gasteiger partial charge < -0.3 is 15.7 Å². The largest absolute Gasteiger partial charge is 0.428 e. The van der Waals surface area contributed by atoms with Crippen molar-refractivity contribution in [3.8, 4) is 0 Å². The van der Waals surface area contributed by atoms with E-state index >= 15 is 0 Å². The lowest BCUT2D eigenvalue weighted by molar-refractivity contribution is 0.332. The molecule has 1 aliphatic heterocycles. The second kappa shape index (κ2) is 4.71. The minimum Gasteiger partial charge on any atom is -0.428 e. The number of hydrogen-bond donors (Lipinski definition) is 2. The van der Waals surface area contributed by atoms with Crippen molar-refractivity contribution in [1.82, 2.24) is 5.32 Å². The second-order valence-electron chi connectivity index (χ2n) is 2.56. The summed E-state index contributed by atoms with van der Waals surface area (Å²) in [5.74, 6) is 0.616. The Labute approximate surface area is 62.6 Å². The summed E-state index contributed by atoms with van der Waals surface area (Å²) >= 11 is 0. The summed E-state index contributed by atoms with van der Waals surface area (Å²) < 4.78 is 5.00. The molecular formula is C6H14BN2O. The van der Waals surface area contributed by atoms with E-state index in [2.05, 4.69) is 5.32 Å². The van der Waals surface area contributed by atoms with Crippen LogP contribution in [-0.4, -0.2) is 27.3 Å². The van der Waals surface area contributed by atoms with Gasteiger partial charge in [0.1, 0.15) is 0 Å². The molecule has 10 heavy (non-hydrogen) atoms. The lowest BCUT2D eigenvalue weighted by Gasteiger charge is -2.20. The van der Waals surface area contributed by atoms with Crippen LogP contribution in [0.3, 0.4) is 0 Å². The van der Waals surface area contributed by atoms with E-state index in [9.17, 15) is 0 Å². The highest BCUT2D eigenvalue weighted by Gasteiger charge is 2.14. The van der Waals surface area contributed by atoms with Gasteiger partial charge in [-0.15, -0.1) is 0 Å². The molecule has 3 N–H and O–H groups in total. The molecule has 3 nitrogen and oxygen atoms in total. The van der Waals surface area contributed by atoms with Crippen LogP contribution in [-0.2, 0) is 4.65 Å². The van der Waals surface area contributed by atoms with E-state index in [-0.39, 0.29) is 0 Å². The van der Waals surface area contributed by atoms with Crippen LogP contribution in [0.25, 0.3) is 0 Å². The van der Waals surface area contributed by atoms with Crippen molar-refractivity contribution in [2.75, 3.05) is 19.8 Å². The Morgan fingerprint density at radius 2 is 2.20 bits per heavy atom. The zero-order valence-electron chi connectivity index (χ0n) is 6.18. The van der Waals surface area contributed by atoms with Crippen molar-refractivity contribution in [2.45, 2.75) is 18.7 Å². The fourth-order valence-corrected chi connectivity index (χ4v) is 1.17. The van der Waals surface area contributed by atoms with Crippen LogP contribution >= 0.6 is 0 Å². The van der Waals surface area contributed by atoms with Crippen LogP contribution in [0, 0.1) is 0 Å². The molecule has 0 saturated carbocycles. The molecule has 0 atom stereocenters. The van der Waals surface area contributed by atoms with Crippen LogP contribution in [0.4, 0.5) is 0 Å². The summed E-state index contributed by atoms with van der Waals surface area (Å²) in [4.78, 5) is 0. The lowest BCUT2D eigenvalue weighted by Crippen LogP contribution is -2.28. The van der Waals surface area contributed by atoms with E-state index in [0.717, 1.165) is 13.1 Å². The van der Waals surface area contributed by atoms with E-state index in [1.165, 1.54) is 12.8 Å². The van der Waals surface area contributed by atoms with E-state index in [1.54, 1.807) is 0 Å². The van der Waals surface area contributed by atoms with Gasteiger partial charge in [0.15, 0.2) is 0 Å². The van der Waals surface area contributed by atoms with Gasteiger partial charge in [-0.2, -0.15) is 0 Å². The predicted molar refractivity (Wildman–Crippen MR) is 41.7 cm³/mol. The highest BCUT2D eigenvalue weighted by Crippen LogP contribution is 2.16. The average Bonchev–Trinajstić information content (AvgIpc) is 2.03. The molecule has 0 aliphatic carbocycles. The first-order valence-electron chi connectivity index (χ1n) is 3.79. The fourth-order valence-electron chi connectivity index (χ4n) is 1.17. The van der Waals surface area contributed by atoms with Gasteiger partial charge in [-0.25, -0.2) is 0 Å². The molecule has 0 aromatic rings. The summed E-state index contributed by atoms with van der Waals surface area (Å²) in [6.45, 7) is 2.52. The van der Waals surface area contributed by atoms with Crippen molar-refractivity contribution in [3.63, 3.8) is 0 Å². The quantitative estimate of drug-likeness (QED) is 0.419. The summed E-state index contributed by atoms with van der Waals surface area (Å²) in [7, 11) is 1.88. The number of hydrogen-bond acceptors (Lipinski definition) is 3. The Balaban J connectivity index is 2.02. The van der Waals surface area contributed by atoms with Crippen LogP contribution < -0.4 is 11.1 Å². The van der Waals surface area contributed by atoms with Crippen LogP contribution in [0.2, 0.25) is 5.82 Å². The Morgan fingerprint density at radius 1 is 1.50 bits per heavy atom. The normalized spacial score (nSPS) is 20.9. The van der Waals surface area contributed by atoms with E-state index in [1.807, 2.05) is 7.48 Å². The minimum absolute atomic E-state index is 0.309. The van der Waals surface area contributed by atoms with Crippen molar-refractivity contribution >= 4 is 7.48 Å². The number of piperidine rings is 1. The third kappa shape index (κ3) is 2.69. The van der Waals surface area contributed by atoms with Crippen molar-refractivity contribution < 1.29 is 4.65 Å². The molecule has 4 heteroatoms. The molecule has 0 unspecified atom stereocenters. The molecule has 1 rings (SSSR count). The van der Waals surface area contributed by atoms with Gasteiger partial charge in [0.2, 0.25) is 0 Å². The van der Waals surface area contributed by atoms with Gasteiger partial charge >= 0.3 is 0 Å². The predicted octanol–water partition coefficient (Wildman–Crippen LogP) is -0.290. The average molecular weight is 141 g/mol. The van der Waals surface area contributed by atoms with Gasteiger partial charge in [-0.05, 0) is 31.7 Å². The van der Waals surface area contributed by atoms with Crippen molar-refractivity contribution in [1.29, 1.82) is 0 Å². The first kappa shape index (κ1) is 8.05. The molecule has 1 heterocycles. The highest BCUT2D eigenvalue weighted by atomic mass is 16.4. The van der Waals surface area contributed by atoms with Gasteiger partial charge in [0, 0.05) is 0 Å². The maximum atomic E-state index is 5.18. The Hall–Kier alpha value is -0.0551. The maximum absolute atomic E-state index is 5.18. The van der Waals surface area contributed by atoms with Gasteiger partial charge in [-0.1, -0.05) is 0 Å². The third-order valence-electron chi connectivity index (χ3n) is 1.77. The molecule has 0 aromatic heterocycles. The van der Waals surface area contributed by atoms with E-state index in [0.29, 0.717) is 12.5 Å². The lowest BCUT2D eigenvalue weighted by atomic mass is 9.74. The zero-order chi connectivity index (χ0) is 7.23. The number of rotatable bonds is 3. The summed E-state index contributed by atoms with van der Waals surface area (Å²) in [6.07, 6.45) is 2.36. The minimum atomic E-state index is 0.309. The molecule has 1 radical (unpaired) electrons. The second-order valence-corrected chi connectivity index (χ2v) is 2.56. The standard InChI is InChI=1S/C6H14BN2O/c8-5-10-7-6-1-3-9-4-2-6/h6,9H,1-5,8H2. The van der Waals surface area contributed by atoms with Crippen LogP contribution in [0.5, 0.6) is 0 Å². The Bertz CT molecular complexity index is 85.8. The fraction of sp³-hybridized carbons (Fsp3) is 1.00. The molecule has 0 spiro atoms. The summed E-state index contributed by atoms with van der Waals surface area (Å²) in [6, 6.07) is 0. The van der Waals surface area contributed by atoms with Gasteiger partial charge in [-0.3, -0.25) is 0 Å². The molecular weight excluding hydrogens is 127 g/mol. The number of nitrogens with two attached hydrogens (primary N) is 1. The van der Waals surface area contributed by atoms with Gasteiger partial charge in [0.05, 0.1) is 6.73 Å². The molecule has 0 bridgehead atoms. The SMILES string of the molecule is NCO[B]C1CCNCC1. The zero-order valence-corrected chi connectivity index (χ0v) is 6.18. The van der Waals surface area contributed by atoms with E-state index in [4.69, 9.17) is 10.4 Å². The van der Waals surface area contributed by atoms with Crippen molar-refractivity contribution in [3.05, 3.63) is 0 Å². The third-order valence-corrected chi connectivity index (χ3v) is 1.77. The molecule has 1 saturated heterocycles. The molecule has 0 aromatic carbocycles. The Morgan fingerprint density at radius 3 is 2.80 bits per heavy atom. The number of nitrogens with one attached hydrogen (secondary N) is 1. The first-order chi connectivity index (χ1) is 4.93. The smallest absolute Gasteiger partial charge is 0.297 e. The van der Waals surface area contributed by atoms with Crippen LogP contribution in [0.1, 0.15) is 12.8 Å². The molecule has 0 amide bonds. The van der Waals surface area contributed by atoms with E-state index < -0.39 is 0 Å². The highest BCUT2D eigenvalue weighted by molar-refractivity contribution is 6.29. The summed E-state index contributed by atoms with van der Waals surface area (Å²) in [5.41, 5.74) is 5.18. The van der Waals surface area contributed by atoms with Crippen LogP contribution in [0.15, 0.2) is 0 Å². The monoisotopic (exact) mass is 141 g/mol. The van der Waals surface area contributed by atoms with Gasteiger partial charge in [0.25, 0.3) is 7.48 Å². The topological polar surface area (TPSA) is 47.3 Å². The maximum Gasteiger partial charge on any atom is 0.297 e. The Kier molecular flexibility index (Phi) is 3.79. The molecule has 1 fully saturated rings. The van der Waals surface area contributed by atoms with Crippen molar-refractivity contribution in [2.24, 2.45) is 5.73 Å².